The Kier molecular flexibility index (Phi) is 3.08. The Morgan fingerprint density at radius 1 is 0.905 bits per heavy atom. The zero-order chi connectivity index (χ0) is 14.2. The van der Waals surface area contributed by atoms with Crippen LogP contribution in [0.15, 0.2) is 36.5 Å². The number of benzene rings is 1. The Hall–Kier alpha value is -2.00. The van der Waals surface area contributed by atoms with Gasteiger partial charge in [0.25, 0.3) is 0 Å². The third-order valence-electron chi connectivity index (χ3n) is 4.64. The van der Waals surface area contributed by atoms with Crippen LogP contribution < -0.4 is 4.90 Å². The van der Waals surface area contributed by atoms with Crippen LogP contribution in [0.3, 0.4) is 0 Å². The third-order valence-corrected chi connectivity index (χ3v) is 4.64. The van der Waals surface area contributed by atoms with E-state index < -0.39 is 0 Å². The maximum Gasteiger partial charge on any atom is 0.0647 e. The molecule has 3 heteroatoms. The highest BCUT2D eigenvalue weighted by atomic mass is 15.3. The molecule has 1 saturated heterocycles. The number of rotatable bonds is 1. The number of likely N-dealkylation sites (N-methyl/N-ethyl adjacent to an activating group) is 1. The lowest BCUT2D eigenvalue weighted by Crippen LogP contribution is -2.44. The molecule has 0 atom stereocenters. The molecule has 0 radical (unpaired) electrons. The Morgan fingerprint density at radius 3 is 2.57 bits per heavy atom. The van der Waals surface area contributed by atoms with Gasteiger partial charge in [0, 0.05) is 38.9 Å². The van der Waals surface area contributed by atoms with Crippen LogP contribution in [0.5, 0.6) is 0 Å². The molecule has 2 aliphatic rings. The van der Waals surface area contributed by atoms with Gasteiger partial charge >= 0.3 is 0 Å². The van der Waals surface area contributed by atoms with Gasteiger partial charge in [-0.2, -0.15) is 0 Å². The summed E-state index contributed by atoms with van der Waals surface area (Å²) in [7, 11) is 2.20. The molecule has 0 aliphatic carbocycles. The topological polar surface area (TPSA) is 11.4 Å². The molecule has 21 heavy (non-hydrogen) atoms. The van der Waals surface area contributed by atoms with E-state index in [4.69, 9.17) is 0 Å². The molecule has 4 rings (SSSR count). The molecule has 0 amide bonds. The van der Waals surface area contributed by atoms with Gasteiger partial charge in [-0.1, -0.05) is 30.3 Å². The minimum Gasteiger partial charge on any atom is -0.367 e. The lowest BCUT2D eigenvalue weighted by atomic mass is 10.1. The van der Waals surface area contributed by atoms with Crippen molar-refractivity contribution >= 4 is 17.8 Å². The molecule has 2 aromatic rings. The predicted molar refractivity (Wildman–Crippen MR) is 88.6 cm³/mol. The lowest BCUT2D eigenvalue weighted by Gasteiger charge is -2.34. The third kappa shape index (κ3) is 2.28. The zero-order valence-corrected chi connectivity index (χ0v) is 12.5. The first kappa shape index (κ1) is 12.7. The Balaban J connectivity index is 1.68. The highest BCUT2D eigenvalue weighted by Crippen LogP contribution is 2.29. The first-order valence-electron chi connectivity index (χ1n) is 7.70. The molecule has 108 valence electrons. The van der Waals surface area contributed by atoms with Gasteiger partial charge in [0.15, 0.2) is 0 Å². The van der Waals surface area contributed by atoms with Crippen LogP contribution in [-0.4, -0.2) is 42.7 Å². The smallest absolute Gasteiger partial charge is 0.0647 e. The minimum atomic E-state index is 0.965. The minimum absolute atomic E-state index is 0.965. The number of fused-ring (bicyclic) bond motifs is 2. The summed E-state index contributed by atoms with van der Waals surface area (Å²) >= 11 is 0. The maximum absolute atomic E-state index is 2.52. The van der Waals surface area contributed by atoms with Crippen molar-refractivity contribution in [2.45, 2.75) is 6.54 Å². The molecule has 0 spiro atoms. The van der Waals surface area contributed by atoms with Crippen LogP contribution in [0, 0.1) is 0 Å². The second kappa shape index (κ2) is 5.08. The highest BCUT2D eigenvalue weighted by Gasteiger charge is 2.19. The molecule has 0 N–H and O–H groups in total. The fourth-order valence-electron chi connectivity index (χ4n) is 3.30. The molecule has 3 nitrogen and oxygen atoms in total. The van der Waals surface area contributed by atoms with Crippen molar-refractivity contribution in [1.82, 2.24) is 9.47 Å². The van der Waals surface area contributed by atoms with E-state index >= 15 is 0 Å². The number of piperazine rings is 1. The van der Waals surface area contributed by atoms with Crippen molar-refractivity contribution in [2.75, 3.05) is 38.1 Å². The zero-order valence-electron chi connectivity index (χ0n) is 12.5. The number of hydrogen-bond donors (Lipinski definition) is 0. The number of anilines is 1. The lowest BCUT2D eigenvalue weighted by molar-refractivity contribution is 0.313. The monoisotopic (exact) mass is 279 g/mol. The van der Waals surface area contributed by atoms with E-state index in [1.165, 1.54) is 22.5 Å². The molecular formula is C18H21N3. The van der Waals surface area contributed by atoms with Gasteiger partial charge < -0.3 is 14.4 Å². The van der Waals surface area contributed by atoms with Crippen molar-refractivity contribution in [3.05, 3.63) is 53.3 Å². The molecular weight excluding hydrogens is 258 g/mol. The van der Waals surface area contributed by atoms with Crippen molar-refractivity contribution in [2.24, 2.45) is 0 Å². The van der Waals surface area contributed by atoms with Crippen molar-refractivity contribution < 1.29 is 0 Å². The SMILES string of the molecule is CN1CCN(c2ccn3c2C=Cc2ccccc2C3)CC1. The average molecular weight is 279 g/mol. The Bertz CT molecular complexity index is 676. The molecule has 1 fully saturated rings. The summed E-state index contributed by atoms with van der Waals surface area (Å²) in [5, 5.41) is 0. The van der Waals surface area contributed by atoms with Crippen molar-refractivity contribution in [3.8, 4) is 0 Å². The normalized spacial score (nSPS) is 18.2. The van der Waals surface area contributed by atoms with Crippen molar-refractivity contribution in [1.29, 1.82) is 0 Å². The number of nitrogens with zero attached hydrogens (tertiary/aromatic N) is 3. The van der Waals surface area contributed by atoms with E-state index in [2.05, 4.69) is 70.1 Å². The van der Waals surface area contributed by atoms with Gasteiger partial charge in [0.2, 0.25) is 0 Å². The molecule has 2 aliphatic heterocycles. The van der Waals surface area contributed by atoms with Gasteiger partial charge in [-0.05, 0) is 30.3 Å². The van der Waals surface area contributed by atoms with E-state index in [1.807, 2.05) is 0 Å². The summed E-state index contributed by atoms with van der Waals surface area (Å²) in [4.78, 5) is 4.92. The second-order valence-electron chi connectivity index (χ2n) is 6.04. The van der Waals surface area contributed by atoms with Crippen LogP contribution in [-0.2, 0) is 6.54 Å². The summed E-state index contributed by atoms with van der Waals surface area (Å²) in [5.74, 6) is 0. The number of hydrogen-bond acceptors (Lipinski definition) is 2. The first-order valence-corrected chi connectivity index (χ1v) is 7.70. The summed E-state index contributed by atoms with van der Waals surface area (Å²) in [6.45, 7) is 5.50. The van der Waals surface area contributed by atoms with E-state index in [0.29, 0.717) is 0 Å². The van der Waals surface area contributed by atoms with E-state index in [1.54, 1.807) is 0 Å². The van der Waals surface area contributed by atoms with Gasteiger partial charge in [-0.25, -0.2) is 0 Å². The van der Waals surface area contributed by atoms with E-state index in [9.17, 15) is 0 Å². The quantitative estimate of drug-likeness (QED) is 0.678. The standard InChI is InChI=1S/C18H21N3/c1-19-10-12-20(13-11-19)18-8-9-21-14-16-5-3-2-4-15(16)6-7-17(18)21/h2-9H,10-14H2,1H3. The van der Waals surface area contributed by atoms with Crippen LogP contribution >= 0.6 is 0 Å². The maximum atomic E-state index is 2.52. The summed E-state index contributed by atoms with van der Waals surface area (Å²) < 4.78 is 2.37. The Labute approximate surface area is 126 Å². The van der Waals surface area contributed by atoms with E-state index in [0.717, 1.165) is 32.7 Å². The molecule has 1 aromatic carbocycles. The molecule has 0 unspecified atom stereocenters. The average Bonchev–Trinajstić information content (AvgIpc) is 2.81. The van der Waals surface area contributed by atoms with Gasteiger partial charge in [-0.3, -0.25) is 0 Å². The van der Waals surface area contributed by atoms with Crippen LogP contribution in [0.2, 0.25) is 0 Å². The summed E-state index contributed by atoms with van der Waals surface area (Å²) in [5.41, 5.74) is 5.46. The molecule has 3 heterocycles. The van der Waals surface area contributed by atoms with Crippen LogP contribution in [0.1, 0.15) is 16.8 Å². The predicted octanol–water partition coefficient (Wildman–Crippen LogP) is 2.77. The van der Waals surface area contributed by atoms with Gasteiger partial charge in [0.05, 0.1) is 11.4 Å². The molecule has 0 bridgehead atoms. The highest BCUT2D eigenvalue weighted by molar-refractivity contribution is 5.78. The van der Waals surface area contributed by atoms with Crippen molar-refractivity contribution in [3.63, 3.8) is 0 Å². The second-order valence-corrected chi connectivity index (χ2v) is 6.04. The largest absolute Gasteiger partial charge is 0.367 e. The fraction of sp³-hybridized carbons (Fsp3) is 0.333. The van der Waals surface area contributed by atoms with E-state index in [-0.39, 0.29) is 0 Å². The van der Waals surface area contributed by atoms with Gasteiger partial charge in [-0.15, -0.1) is 0 Å². The van der Waals surface area contributed by atoms with Gasteiger partial charge in [0.1, 0.15) is 0 Å². The fourth-order valence-corrected chi connectivity index (χ4v) is 3.30. The van der Waals surface area contributed by atoms with Crippen LogP contribution in [0.4, 0.5) is 5.69 Å². The summed E-state index contributed by atoms with van der Waals surface area (Å²) in [6, 6.07) is 10.9. The van der Waals surface area contributed by atoms with Crippen LogP contribution in [0.25, 0.3) is 12.2 Å². The Morgan fingerprint density at radius 2 is 1.71 bits per heavy atom. The molecule has 1 aromatic heterocycles. The molecule has 0 saturated carbocycles. The number of aromatic nitrogens is 1. The summed E-state index contributed by atoms with van der Waals surface area (Å²) in [6.07, 6.45) is 6.77. The first-order chi connectivity index (χ1) is 10.3.